The van der Waals surface area contributed by atoms with Crippen molar-refractivity contribution in [1.29, 1.82) is 5.26 Å². The zero-order valence-electron chi connectivity index (χ0n) is 18.5. The summed E-state index contributed by atoms with van der Waals surface area (Å²) >= 11 is 13.4. The smallest absolute Gasteiger partial charge is 0.269 e. The molecule has 1 saturated heterocycles. The zero-order valence-corrected chi connectivity index (χ0v) is 20.8. The predicted octanol–water partition coefficient (Wildman–Crippen LogP) is 6.07. The zero-order chi connectivity index (χ0) is 24.9. The third-order valence-electron chi connectivity index (χ3n) is 5.21. The second-order valence-corrected chi connectivity index (χ2v) is 9.64. The van der Waals surface area contributed by atoms with Crippen LogP contribution in [0.25, 0.3) is 0 Å². The highest BCUT2D eigenvalue weighted by Gasteiger charge is 2.41. The lowest BCUT2D eigenvalue weighted by Gasteiger charge is -2.19. The van der Waals surface area contributed by atoms with Gasteiger partial charge in [-0.3, -0.25) is 14.5 Å². The van der Waals surface area contributed by atoms with Gasteiger partial charge in [-0.25, -0.2) is 0 Å². The molecule has 176 valence electrons. The summed E-state index contributed by atoms with van der Waals surface area (Å²) in [6.07, 6.45) is 0.318. The van der Waals surface area contributed by atoms with E-state index in [4.69, 9.17) is 27.9 Å². The minimum absolute atomic E-state index is 0.158. The summed E-state index contributed by atoms with van der Waals surface area (Å²) in [5.74, 6) is -0.239. The van der Waals surface area contributed by atoms with Crippen LogP contribution in [0.3, 0.4) is 0 Å². The number of carbonyl (C=O) groups excluding carboxylic acids is 2. The Labute approximate surface area is 217 Å². The topological polar surface area (TPSA) is 82.4 Å². The normalized spacial score (nSPS) is 16.6. The fraction of sp³-hybridized carbons (Fsp3) is 0.115. The van der Waals surface area contributed by atoms with Gasteiger partial charge in [-0.15, -0.1) is 0 Å². The summed E-state index contributed by atoms with van der Waals surface area (Å²) < 4.78 is 5.22. The highest BCUT2D eigenvalue weighted by atomic mass is 35.5. The van der Waals surface area contributed by atoms with Crippen LogP contribution in [0.2, 0.25) is 10.0 Å². The number of methoxy groups -OCH3 is 1. The number of anilines is 2. The van der Waals surface area contributed by atoms with Crippen LogP contribution >= 0.6 is 35.0 Å². The van der Waals surface area contributed by atoms with Crippen molar-refractivity contribution >= 4 is 58.2 Å². The van der Waals surface area contributed by atoms with Gasteiger partial charge in [0.2, 0.25) is 5.91 Å². The number of halogens is 2. The molecule has 1 aliphatic heterocycles. The van der Waals surface area contributed by atoms with Crippen molar-refractivity contribution in [3.05, 3.63) is 99.0 Å². The average Bonchev–Trinajstić information content (AvgIpc) is 3.15. The minimum atomic E-state index is -0.598. The number of carbonyl (C=O) groups is 2. The number of nitriles is 1. The van der Waals surface area contributed by atoms with E-state index in [1.54, 1.807) is 73.8 Å². The number of nitrogens with zero attached hydrogens (tertiary/aromatic N) is 2. The molecular formula is C26H19Cl2N3O3S. The molecule has 9 heteroatoms. The van der Waals surface area contributed by atoms with Crippen LogP contribution < -0.4 is 15.0 Å². The van der Waals surface area contributed by atoms with Gasteiger partial charge in [-0.2, -0.15) is 5.26 Å². The summed E-state index contributed by atoms with van der Waals surface area (Å²) in [7, 11) is 1.55. The van der Waals surface area contributed by atoms with Crippen LogP contribution in [0, 0.1) is 11.3 Å². The summed E-state index contributed by atoms with van der Waals surface area (Å²) in [5, 5.41) is 13.3. The molecular weight excluding hydrogens is 505 g/mol. The van der Waals surface area contributed by atoms with E-state index in [0.29, 0.717) is 33.6 Å². The van der Waals surface area contributed by atoms with Crippen molar-refractivity contribution in [2.75, 3.05) is 17.3 Å². The van der Waals surface area contributed by atoms with Crippen LogP contribution in [0.15, 0.2) is 83.4 Å². The molecule has 3 aromatic rings. The Morgan fingerprint density at radius 1 is 1.09 bits per heavy atom. The van der Waals surface area contributed by atoms with Gasteiger partial charge in [0.25, 0.3) is 5.91 Å². The summed E-state index contributed by atoms with van der Waals surface area (Å²) in [6, 6.07) is 22.8. The van der Waals surface area contributed by atoms with E-state index in [0.717, 1.165) is 5.56 Å². The van der Waals surface area contributed by atoms with E-state index in [-0.39, 0.29) is 16.5 Å². The van der Waals surface area contributed by atoms with E-state index < -0.39 is 11.2 Å². The minimum Gasteiger partial charge on any atom is -0.497 e. The van der Waals surface area contributed by atoms with Crippen molar-refractivity contribution < 1.29 is 14.3 Å². The number of hydrogen-bond donors (Lipinski definition) is 1. The Morgan fingerprint density at radius 2 is 1.74 bits per heavy atom. The number of rotatable bonds is 6. The molecule has 0 saturated carbocycles. The quantitative estimate of drug-likeness (QED) is 0.313. The first kappa shape index (κ1) is 24.7. The summed E-state index contributed by atoms with van der Waals surface area (Å²) in [5.41, 5.74) is 1.68. The molecule has 0 bridgehead atoms. The van der Waals surface area contributed by atoms with Crippen molar-refractivity contribution in [3.8, 4) is 11.8 Å². The molecule has 1 atom stereocenters. The maximum atomic E-state index is 13.6. The standard InChI is InChI=1S/C26H19Cl2N3O3S/c1-34-21-9-7-20(8-10-21)31-25(33)23(13-16-11-17(27)14-18(28)12-16)35-26(31)22(15-29)24(32)30-19-5-3-2-4-6-19/h2-12,14,23H,13H2,1H3,(H,30,32)/b26-22-. The molecule has 1 heterocycles. The molecule has 4 rings (SSSR count). The molecule has 0 aromatic heterocycles. The van der Waals surface area contributed by atoms with Crippen molar-refractivity contribution in [2.45, 2.75) is 11.7 Å². The van der Waals surface area contributed by atoms with Gasteiger partial charge in [0.05, 0.1) is 12.4 Å². The van der Waals surface area contributed by atoms with Gasteiger partial charge in [-0.1, -0.05) is 53.2 Å². The number of nitrogens with one attached hydrogen (secondary N) is 1. The van der Waals surface area contributed by atoms with Gasteiger partial charge in [0.15, 0.2) is 0 Å². The predicted molar refractivity (Wildman–Crippen MR) is 140 cm³/mol. The lowest BCUT2D eigenvalue weighted by Crippen LogP contribution is -2.30. The molecule has 1 N–H and O–H groups in total. The van der Waals surface area contributed by atoms with Crippen molar-refractivity contribution in [2.24, 2.45) is 0 Å². The fourth-order valence-electron chi connectivity index (χ4n) is 3.61. The second-order valence-electron chi connectivity index (χ2n) is 7.57. The van der Waals surface area contributed by atoms with Gasteiger partial charge in [0.1, 0.15) is 22.4 Å². The SMILES string of the molecule is COc1ccc(N2C(=O)C(Cc3cc(Cl)cc(Cl)c3)S/C2=C(/C#N)C(=O)Nc2ccccc2)cc1. The highest BCUT2D eigenvalue weighted by Crippen LogP contribution is 2.42. The molecule has 3 aromatic carbocycles. The van der Waals surface area contributed by atoms with E-state index in [1.807, 2.05) is 12.1 Å². The number of benzene rings is 3. The molecule has 0 aliphatic carbocycles. The Kier molecular flexibility index (Phi) is 7.67. The van der Waals surface area contributed by atoms with Gasteiger partial charge in [0, 0.05) is 21.4 Å². The number of para-hydroxylation sites is 1. The van der Waals surface area contributed by atoms with E-state index >= 15 is 0 Å². The monoisotopic (exact) mass is 523 g/mol. The molecule has 6 nitrogen and oxygen atoms in total. The molecule has 0 spiro atoms. The van der Waals surface area contributed by atoms with Crippen molar-refractivity contribution in [3.63, 3.8) is 0 Å². The molecule has 1 aliphatic rings. The third kappa shape index (κ3) is 5.63. The maximum absolute atomic E-state index is 13.6. The number of hydrogen-bond acceptors (Lipinski definition) is 5. The van der Waals surface area contributed by atoms with Crippen LogP contribution in [0.1, 0.15) is 5.56 Å². The lowest BCUT2D eigenvalue weighted by atomic mass is 10.1. The van der Waals surface area contributed by atoms with Gasteiger partial charge < -0.3 is 10.1 Å². The van der Waals surface area contributed by atoms with Crippen LogP contribution in [-0.4, -0.2) is 24.2 Å². The summed E-state index contributed by atoms with van der Waals surface area (Å²) in [6.45, 7) is 0. The molecule has 35 heavy (non-hydrogen) atoms. The van der Waals surface area contributed by atoms with Gasteiger partial charge >= 0.3 is 0 Å². The number of amides is 2. The van der Waals surface area contributed by atoms with Crippen molar-refractivity contribution in [1.82, 2.24) is 0 Å². The van der Waals surface area contributed by atoms with E-state index in [1.165, 1.54) is 16.7 Å². The largest absolute Gasteiger partial charge is 0.497 e. The van der Waals surface area contributed by atoms with E-state index in [2.05, 4.69) is 5.32 Å². The highest BCUT2D eigenvalue weighted by molar-refractivity contribution is 8.05. The Balaban J connectivity index is 1.73. The summed E-state index contributed by atoms with van der Waals surface area (Å²) in [4.78, 5) is 28.1. The first-order valence-corrected chi connectivity index (χ1v) is 12.1. The van der Waals surface area contributed by atoms with Crippen LogP contribution in [-0.2, 0) is 16.0 Å². The fourth-order valence-corrected chi connectivity index (χ4v) is 5.49. The van der Waals surface area contributed by atoms with Crippen LogP contribution in [0.5, 0.6) is 5.75 Å². The second kappa shape index (κ2) is 10.9. The Bertz CT molecular complexity index is 1320. The van der Waals surface area contributed by atoms with E-state index in [9.17, 15) is 14.9 Å². The molecule has 1 fully saturated rings. The number of ether oxygens (including phenoxy) is 1. The maximum Gasteiger partial charge on any atom is 0.269 e. The Hall–Kier alpha value is -3.44. The number of thioether (sulfide) groups is 1. The first-order valence-electron chi connectivity index (χ1n) is 10.5. The lowest BCUT2D eigenvalue weighted by molar-refractivity contribution is -0.117. The molecule has 2 amide bonds. The Morgan fingerprint density at radius 3 is 2.34 bits per heavy atom. The van der Waals surface area contributed by atoms with Crippen LogP contribution in [0.4, 0.5) is 11.4 Å². The first-order chi connectivity index (χ1) is 16.9. The molecule has 1 unspecified atom stereocenters. The third-order valence-corrected chi connectivity index (χ3v) is 6.91. The molecule has 0 radical (unpaired) electrons. The van der Waals surface area contributed by atoms with Gasteiger partial charge in [-0.05, 0) is 66.6 Å². The average molecular weight is 524 g/mol.